The number of likely N-dealkylation sites (N-methyl/N-ethyl adjacent to an activating group) is 1. The third kappa shape index (κ3) is 3.46. The highest BCUT2D eigenvalue weighted by atomic mass is 15.2. The lowest BCUT2D eigenvalue weighted by Crippen LogP contribution is -2.51. The monoisotopic (exact) mass is 303 g/mol. The molecule has 1 aliphatic rings. The molecule has 1 nitrogen and oxygen atoms in total. The first-order valence-corrected chi connectivity index (χ1v) is 8.72. The predicted molar refractivity (Wildman–Crippen MR) is 102 cm³/mol. The van der Waals surface area contributed by atoms with Crippen LogP contribution in [-0.2, 0) is 5.54 Å². The zero-order valence-electron chi connectivity index (χ0n) is 16.8. The molecule has 1 heteroatoms. The molecule has 0 aliphatic carbocycles. The second-order valence-electron chi connectivity index (χ2n) is 6.47. The van der Waals surface area contributed by atoms with Crippen LogP contribution in [0.3, 0.4) is 0 Å². The van der Waals surface area contributed by atoms with E-state index in [2.05, 4.69) is 77.8 Å². The molecular weight excluding hydrogens is 266 g/mol. The van der Waals surface area contributed by atoms with Gasteiger partial charge in [0.15, 0.2) is 0 Å². The van der Waals surface area contributed by atoms with Crippen LogP contribution in [0.5, 0.6) is 0 Å². The van der Waals surface area contributed by atoms with Crippen molar-refractivity contribution >= 4 is 5.57 Å². The Hall–Kier alpha value is -1.08. The van der Waals surface area contributed by atoms with Gasteiger partial charge in [-0.15, -0.1) is 0 Å². The van der Waals surface area contributed by atoms with Crippen molar-refractivity contribution in [3.8, 4) is 0 Å². The highest BCUT2D eigenvalue weighted by Gasteiger charge is 2.41. The van der Waals surface area contributed by atoms with Gasteiger partial charge in [0.2, 0.25) is 0 Å². The maximum atomic E-state index is 2.49. The summed E-state index contributed by atoms with van der Waals surface area (Å²) < 4.78 is 0. The molecule has 0 aromatic heterocycles. The molecule has 0 saturated heterocycles. The molecule has 0 amide bonds. The van der Waals surface area contributed by atoms with E-state index in [9.17, 15) is 0 Å². The summed E-state index contributed by atoms with van der Waals surface area (Å²) in [7, 11) is 2.24. The lowest BCUT2D eigenvalue weighted by atomic mass is 9.86. The van der Waals surface area contributed by atoms with Crippen LogP contribution in [0.4, 0.5) is 0 Å². The summed E-state index contributed by atoms with van der Waals surface area (Å²) in [6, 6.07) is 8.81. The van der Waals surface area contributed by atoms with Crippen LogP contribution in [-0.4, -0.2) is 17.5 Å². The van der Waals surface area contributed by atoms with Gasteiger partial charge in [0.05, 0.1) is 0 Å². The maximum Gasteiger partial charge on any atom is 0.0415 e. The Morgan fingerprint density at radius 2 is 1.23 bits per heavy atom. The Balaban J connectivity index is 0.00000102. The summed E-state index contributed by atoms with van der Waals surface area (Å²) in [6.07, 6.45) is 0. The normalized spacial score (nSPS) is 19.0. The lowest BCUT2D eigenvalue weighted by Gasteiger charge is -2.46. The van der Waals surface area contributed by atoms with Crippen LogP contribution in [0.2, 0.25) is 0 Å². The first kappa shape index (κ1) is 20.9. The zero-order valence-corrected chi connectivity index (χ0v) is 16.8. The van der Waals surface area contributed by atoms with Crippen molar-refractivity contribution in [3.63, 3.8) is 0 Å². The second-order valence-corrected chi connectivity index (χ2v) is 6.47. The summed E-state index contributed by atoms with van der Waals surface area (Å²) in [5.74, 6) is 0. The minimum absolute atomic E-state index is 0.0408. The highest BCUT2D eigenvalue weighted by Crippen LogP contribution is 2.44. The van der Waals surface area contributed by atoms with E-state index in [-0.39, 0.29) is 11.1 Å². The molecule has 0 N–H and O–H groups in total. The van der Waals surface area contributed by atoms with Crippen molar-refractivity contribution in [3.05, 3.63) is 41.0 Å². The van der Waals surface area contributed by atoms with E-state index in [0.29, 0.717) is 0 Å². The van der Waals surface area contributed by atoms with Gasteiger partial charge in [-0.05, 0) is 65.3 Å². The summed E-state index contributed by atoms with van der Waals surface area (Å²) in [5.41, 5.74) is 5.83. The summed E-state index contributed by atoms with van der Waals surface area (Å²) in [6.45, 7) is 21.8. The van der Waals surface area contributed by atoms with Crippen molar-refractivity contribution < 1.29 is 0 Å². The third-order valence-electron chi connectivity index (χ3n) is 5.15. The van der Waals surface area contributed by atoms with E-state index in [0.717, 1.165) is 0 Å². The Bertz CT molecular complexity index is 506. The van der Waals surface area contributed by atoms with E-state index in [1.807, 2.05) is 27.7 Å². The van der Waals surface area contributed by atoms with E-state index in [1.54, 1.807) is 0 Å². The number of hydrogen-bond acceptors (Lipinski definition) is 1. The molecule has 2 rings (SSSR count). The summed E-state index contributed by atoms with van der Waals surface area (Å²) in [5, 5.41) is 0. The molecule has 0 spiro atoms. The van der Waals surface area contributed by atoms with Crippen molar-refractivity contribution in [2.75, 3.05) is 7.05 Å². The fourth-order valence-corrected chi connectivity index (χ4v) is 3.14. The first-order chi connectivity index (χ1) is 10.2. The number of benzene rings is 1. The average Bonchev–Trinajstić information content (AvgIpc) is 2.58. The molecule has 22 heavy (non-hydrogen) atoms. The second kappa shape index (κ2) is 7.97. The number of allylic oxidation sites excluding steroid dienone is 1. The van der Waals surface area contributed by atoms with Crippen molar-refractivity contribution in [1.82, 2.24) is 4.90 Å². The van der Waals surface area contributed by atoms with Crippen molar-refractivity contribution in [1.29, 1.82) is 0 Å². The van der Waals surface area contributed by atoms with Gasteiger partial charge in [0.25, 0.3) is 0 Å². The molecular formula is C21H37N. The van der Waals surface area contributed by atoms with Crippen LogP contribution in [0, 0.1) is 0 Å². The fraction of sp³-hybridized carbons (Fsp3) is 0.619. The van der Waals surface area contributed by atoms with Crippen LogP contribution >= 0.6 is 0 Å². The van der Waals surface area contributed by atoms with Gasteiger partial charge in [0, 0.05) is 11.1 Å². The fourth-order valence-electron chi connectivity index (χ4n) is 3.14. The largest absolute Gasteiger partial charge is 0.288 e. The molecule has 0 atom stereocenters. The Kier molecular flexibility index (Phi) is 7.57. The van der Waals surface area contributed by atoms with Gasteiger partial charge in [-0.1, -0.05) is 57.5 Å². The van der Waals surface area contributed by atoms with Crippen LogP contribution < -0.4 is 0 Å². The Morgan fingerprint density at radius 3 is 1.73 bits per heavy atom. The Morgan fingerprint density at radius 1 is 0.773 bits per heavy atom. The molecule has 1 aromatic carbocycles. The van der Waals surface area contributed by atoms with E-state index in [1.165, 1.54) is 22.3 Å². The molecule has 1 heterocycles. The SMILES string of the molecule is CC.CC.CC1=C(C)C(C)(C)N(C)C(C)(C)c2ccccc21. The zero-order chi connectivity index (χ0) is 17.7. The van der Waals surface area contributed by atoms with Gasteiger partial charge in [0.1, 0.15) is 0 Å². The van der Waals surface area contributed by atoms with Crippen LogP contribution in [0.15, 0.2) is 29.8 Å². The molecule has 0 fully saturated rings. The minimum Gasteiger partial charge on any atom is -0.288 e. The van der Waals surface area contributed by atoms with E-state index >= 15 is 0 Å². The van der Waals surface area contributed by atoms with E-state index in [4.69, 9.17) is 0 Å². The quantitative estimate of drug-likeness (QED) is 0.529. The summed E-state index contributed by atoms with van der Waals surface area (Å²) in [4.78, 5) is 2.49. The number of fused-ring (bicyclic) bond motifs is 1. The molecule has 0 unspecified atom stereocenters. The van der Waals surface area contributed by atoms with Gasteiger partial charge in [-0.3, -0.25) is 4.90 Å². The standard InChI is InChI=1S/C17H25N.2C2H6/c1-12-13(2)16(3,4)18(7)17(5,6)15-11-9-8-10-14(12)15;2*1-2/h8-11H,1-7H3;2*1-2H3. The predicted octanol–water partition coefficient (Wildman–Crippen LogP) is 6.49. The Labute approximate surface area is 139 Å². The van der Waals surface area contributed by atoms with Crippen LogP contribution in [0.25, 0.3) is 5.57 Å². The number of rotatable bonds is 0. The van der Waals surface area contributed by atoms with E-state index < -0.39 is 0 Å². The van der Waals surface area contributed by atoms with Crippen LogP contribution in [0.1, 0.15) is 80.4 Å². The lowest BCUT2D eigenvalue weighted by molar-refractivity contribution is 0.0681. The molecule has 126 valence electrons. The number of hydrogen-bond donors (Lipinski definition) is 0. The first-order valence-electron chi connectivity index (χ1n) is 8.72. The smallest absolute Gasteiger partial charge is 0.0415 e. The highest BCUT2D eigenvalue weighted by molar-refractivity contribution is 5.72. The third-order valence-corrected chi connectivity index (χ3v) is 5.15. The van der Waals surface area contributed by atoms with Crippen molar-refractivity contribution in [2.45, 2.75) is 80.3 Å². The molecule has 1 aliphatic heterocycles. The van der Waals surface area contributed by atoms with Gasteiger partial charge in [-0.2, -0.15) is 0 Å². The number of nitrogens with zero attached hydrogens (tertiary/aromatic N) is 1. The topological polar surface area (TPSA) is 3.24 Å². The molecule has 0 bridgehead atoms. The minimum atomic E-state index is 0.0408. The van der Waals surface area contributed by atoms with Gasteiger partial charge < -0.3 is 0 Å². The molecule has 1 aromatic rings. The maximum absolute atomic E-state index is 2.49. The molecule has 0 saturated carbocycles. The summed E-state index contributed by atoms with van der Waals surface area (Å²) >= 11 is 0. The average molecular weight is 304 g/mol. The van der Waals surface area contributed by atoms with Gasteiger partial charge in [-0.25, -0.2) is 0 Å². The van der Waals surface area contributed by atoms with Gasteiger partial charge >= 0.3 is 0 Å². The van der Waals surface area contributed by atoms with Crippen molar-refractivity contribution in [2.24, 2.45) is 0 Å². The molecule has 0 radical (unpaired) electrons.